The molecule has 1 aliphatic heterocycles. The monoisotopic (exact) mass is 484 g/mol. The van der Waals surface area contributed by atoms with Crippen molar-refractivity contribution in [2.24, 2.45) is 0 Å². The van der Waals surface area contributed by atoms with Crippen LogP contribution in [0, 0.1) is 25.5 Å². The minimum atomic E-state index is -1.40. The molecule has 1 atom stereocenters. The van der Waals surface area contributed by atoms with Gasteiger partial charge in [0.15, 0.2) is 5.13 Å². The molecule has 34 heavy (non-hydrogen) atoms. The van der Waals surface area contributed by atoms with Crippen LogP contribution in [0.25, 0.3) is 5.76 Å². The van der Waals surface area contributed by atoms with Gasteiger partial charge in [0.05, 0.1) is 18.4 Å². The first-order chi connectivity index (χ1) is 16.1. The number of ether oxygens (including phenoxy) is 1. The fourth-order valence-electron chi connectivity index (χ4n) is 3.68. The Kier molecular flexibility index (Phi) is 6.01. The SMILES string of the molecule is COC(=O)c1sc(N2C(=O)C(=O)/C(=C(\O)c3ccc(C)c(F)c3)C2c2ccccc2F)nc1C. The zero-order valence-electron chi connectivity index (χ0n) is 18.3. The fraction of sp³-hybridized carbons (Fsp3) is 0.167. The first kappa shape index (κ1) is 23.2. The zero-order chi connectivity index (χ0) is 24.7. The number of nitrogens with zero attached hydrogens (tertiary/aromatic N) is 2. The standard InChI is InChI=1S/C24H18F2N2O5S/c1-11-8-9-13(10-16(11)26)19(29)17-18(14-6-4-5-7-15(14)25)28(22(31)20(17)30)24-27-12(2)21(34-24)23(32)33-3/h4-10,18,29H,1-3H3/b19-17-. The molecule has 1 saturated heterocycles. The van der Waals surface area contributed by atoms with Crippen LogP contribution in [-0.2, 0) is 14.3 Å². The Bertz CT molecular complexity index is 1380. The predicted molar refractivity (Wildman–Crippen MR) is 121 cm³/mol. The van der Waals surface area contributed by atoms with E-state index in [2.05, 4.69) is 4.98 Å². The number of methoxy groups -OCH3 is 1. The van der Waals surface area contributed by atoms with Crippen LogP contribution in [0.4, 0.5) is 13.9 Å². The maximum Gasteiger partial charge on any atom is 0.350 e. The molecular weight excluding hydrogens is 466 g/mol. The molecule has 2 heterocycles. The van der Waals surface area contributed by atoms with Crippen LogP contribution in [0.3, 0.4) is 0 Å². The van der Waals surface area contributed by atoms with Crippen molar-refractivity contribution in [3.05, 3.63) is 86.9 Å². The molecule has 2 aromatic carbocycles. The average molecular weight is 484 g/mol. The summed E-state index contributed by atoms with van der Waals surface area (Å²) in [6.07, 6.45) is 0. The molecule has 3 aromatic rings. The molecule has 0 saturated carbocycles. The van der Waals surface area contributed by atoms with E-state index in [-0.39, 0.29) is 26.8 Å². The molecule has 0 bridgehead atoms. The van der Waals surface area contributed by atoms with Crippen molar-refractivity contribution in [1.29, 1.82) is 0 Å². The lowest BCUT2D eigenvalue weighted by Crippen LogP contribution is -2.29. The van der Waals surface area contributed by atoms with Gasteiger partial charge in [0, 0.05) is 11.1 Å². The summed E-state index contributed by atoms with van der Waals surface area (Å²) in [5.41, 5.74) is 0.0139. The summed E-state index contributed by atoms with van der Waals surface area (Å²) in [6.45, 7) is 3.05. The van der Waals surface area contributed by atoms with Gasteiger partial charge in [-0.2, -0.15) is 0 Å². The highest BCUT2D eigenvalue weighted by Crippen LogP contribution is 2.44. The lowest BCUT2D eigenvalue weighted by atomic mass is 9.94. The second-order valence-electron chi connectivity index (χ2n) is 7.56. The van der Waals surface area contributed by atoms with E-state index in [0.29, 0.717) is 5.56 Å². The second kappa shape index (κ2) is 8.79. The summed E-state index contributed by atoms with van der Waals surface area (Å²) in [5, 5.41) is 10.9. The number of rotatable bonds is 4. The predicted octanol–water partition coefficient (Wildman–Crippen LogP) is 4.45. The van der Waals surface area contributed by atoms with Gasteiger partial charge in [0.1, 0.15) is 28.3 Å². The minimum absolute atomic E-state index is 0.0481. The van der Waals surface area contributed by atoms with Crippen LogP contribution in [0.15, 0.2) is 48.0 Å². The summed E-state index contributed by atoms with van der Waals surface area (Å²) in [7, 11) is 1.19. The lowest BCUT2D eigenvalue weighted by molar-refractivity contribution is -0.132. The Hall–Kier alpha value is -3.92. The molecule has 1 aromatic heterocycles. The van der Waals surface area contributed by atoms with Gasteiger partial charge >= 0.3 is 11.9 Å². The Morgan fingerprint density at radius 2 is 1.82 bits per heavy atom. The number of halogens is 2. The Morgan fingerprint density at radius 3 is 2.47 bits per heavy atom. The number of carbonyl (C=O) groups excluding carboxylic acids is 3. The molecule has 1 amide bonds. The van der Waals surface area contributed by atoms with Gasteiger partial charge in [-0.15, -0.1) is 0 Å². The van der Waals surface area contributed by atoms with Gasteiger partial charge in [0.25, 0.3) is 5.78 Å². The number of aliphatic hydroxyl groups is 1. The van der Waals surface area contributed by atoms with Crippen molar-refractivity contribution in [2.75, 3.05) is 12.0 Å². The maximum atomic E-state index is 14.9. The van der Waals surface area contributed by atoms with Crippen LogP contribution in [-0.4, -0.2) is 34.9 Å². The Morgan fingerprint density at radius 1 is 1.12 bits per heavy atom. The summed E-state index contributed by atoms with van der Waals surface area (Å²) in [4.78, 5) is 43.5. The third-order valence-electron chi connectivity index (χ3n) is 5.45. The van der Waals surface area contributed by atoms with Crippen LogP contribution < -0.4 is 4.90 Å². The zero-order valence-corrected chi connectivity index (χ0v) is 19.1. The molecule has 0 aliphatic carbocycles. The van der Waals surface area contributed by atoms with Gasteiger partial charge in [-0.3, -0.25) is 14.5 Å². The highest BCUT2D eigenvalue weighted by molar-refractivity contribution is 7.17. The van der Waals surface area contributed by atoms with Crippen LogP contribution in [0.2, 0.25) is 0 Å². The molecule has 10 heteroatoms. The number of carbonyl (C=O) groups is 3. The maximum absolute atomic E-state index is 14.9. The van der Waals surface area contributed by atoms with Crippen molar-refractivity contribution < 1.29 is 33.0 Å². The number of esters is 1. The van der Waals surface area contributed by atoms with Crippen molar-refractivity contribution in [3.63, 3.8) is 0 Å². The first-order valence-corrected chi connectivity index (χ1v) is 10.8. The van der Waals surface area contributed by atoms with Crippen molar-refractivity contribution >= 4 is 39.9 Å². The third-order valence-corrected chi connectivity index (χ3v) is 6.59. The smallest absolute Gasteiger partial charge is 0.350 e. The summed E-state index contributed by atoms with van der Waals surface area (Å²) in [5.74, 6) is -4.88. The third kappa shape index (κ3) is 3.75. The van der Waals surface area contributed by atoms with E-state index in [9.17, 15) is 28.3 Å². The van der Waals surface area contributed by atoms with E-state index in [0.717, 1.165) is 28.4 Å². The molecule has 1 unspecified atom stereocenters. The second-order valence-corrected chi connectivity index (χ2v) is 8.53. The summed E-state index contributed by atoms with van der Waals surface area (Å²) < 4.78 is 33.8. The molecule has 4 rings (SSSR count). The number of ketones is 1. The van der Waals surface area contributed by atoms with E-state index in [4.69, 9.17) is 4.74 Å². The molecule has 0 spiro atoms. The first-order valence-electron chi connectivity index (χ1n) is 10.0. The number of hydrogen-bond donors (Lipinski definition) is 1. The number of Topliss-reactive ketones (excluding diaryl/α,β-unsaturated/α-hetero) is 1. The number of aryl methyl sites for hydroxylation is 2. The molecular formula is C24H18F2N2O5S. The molecule has 1 fully saturated rings. The average Bonchev–Trinajstić information content (AvgIpc) is 3.32. The van der Waals surface area contributed by atoms with Gasteiger partial charge in [-0.1, -0.05) is 41.7 Å². The van der Waals surface area contributed by atoms with Gasteiger partial charge in [-0.05, 0) is 31.5 Å². The minimum Gasteiger partial charge on any atom is -0.507 e. The Labute approximate surface area is 196 Å². The van der Waals surface area contributed by atoms with Crippen molar-refractivity contribution in [2.45, 2.75) is 19.9 Å². The summed E-state index contributed by atoms with van der Waals surface area (Å²) >= 11 is 0.794. The van der Waals surface area contributed by atoms with Crippen molar-refractivity contribution in [3.8, 4) is 0 Å². The van der Waals surface area contributed by atoms with E-state index in [1.54, 1.807) is 0 Å². The quantitative estimate of drug-likeness (QED) is 0.254. The van der Waals surface area contributed by atoms with E-state index in [1.807, 2.05) is 0 Å². The summed E-state index contributed by atoms with van der Waals surface area (Å²) in [6, 6.07) is 7.88. The van der Waals surface area contributed by atoms with Crippen LogP contribution in [0.5, 0.6) is 0 Å². The molecule has 0 radical (unpaired) electrons. The van der Waals surface area contributed by atoms with Gasteiger partial charge in [0.2, 0.25) is 0 Å². The van der Waals surface area contributed by atoms with E-state index in [1.165, 1.54) is 51.3 Å². The largest absolute Gasteiger partial charge is 0.507 e. The highest BCUT2D eigenvalue weighted by atomic mass is 32.1. The van der Waals surface area contributed by atoms with Gasteiger partial charge < -0.3 is 9.84 Å². The highest BCUT2D eigenvalue weighted by Gasteiger charge is 2.49. The Balaban J connectivity index is 1.97. The number of anilines is 1. The van der Waals surface area contributed by atoms with Crippen molar-refractivity contribution in [1.82, 2.24) is 4.98 Å². The normalized spacial score (nSPS) is 17.3. The number of hydrogen-bond acceptors (Lipinski definition) is 7. The lowest BCUT2D eigenvalue weighted by Gasteiger charge is -2.23. The van der Waals surface area contributed by atoms with Gasteiger partial charge in [-0.25, -0.2) is 18.6 Å². The number of aromatic nitrogens is 1. The van der Waals surface area contributed by atoms with Crippen LogP contribution >= 0.6 is 11.3 Å². The van der Waals surface area contributed by atoms with Crippen LogP contribution in [0.1, 0.15) is 38.1 Å². The molecule has 1 N–H and O–H groups in total. The molecule has 174 valence electrons. The number of benzene rings is 2. The fourth-order valence-corrected chi connectivity index (χ4v) is 4.70. The van der Waals surface area contributed by atoms with E-state index >= 15 is 0 Å². The number of amides is 1. The number of thiazole rings is 1. The number of aliphatic hydroxyl groups excluding tert-OH is 1. The van der Waals surface area contributed by atoms with E-state index < -0.39 is 46.7 Å². The molecule has 7 nitrogen and oxygen atoms in total. The molecule has 1 aliphatic rings. The topological polar surface area (TPSA) is 96.8 Å².